The van der Waals surface area contributed by atoms with Crippen LogP contribution in [0.1, 0.15) is 24.2 Å². The summed E-state index contributed by atoms with van der Waals surface area (Å²) < 4.78 is 31.8. The quantitative estimate of drug-likeness (QED) is 0.744. The lowest BCUT2D eigenvalue weighted by Crippen LogP contribution is -2.34. The van der Waals surface area contributed by atoms with Gasteiger partial charge in [0.15, 0.2) is 24.0 Å². The Kier molecular flexibility index (Phi) is 5.41. The van der Waals surface area contributed by atoms with Crippen LogP contribution in [0, 0.1) is 11.6 Å². The predicted octanol–water partition coefficient (Wildman–Crippen LogP) is 2.02. The van der Waals surface area contributed by atoms with E-state index in [2.05, 4.69) is 0 Å². The number of hydrogen-bond donors (Lipinski definition) is 0. The summed E-state index contributed by atoms with van der Waals surface area (Å²) in [4.78, 5) is 23.5. The number of ether oxygens (including phenoxy) is 1. The SMILES string of the molecule is CCN(CC)C(=O)COc1c(F)cc(C=O)cc1F. The van der Waals surface area contributed by atoms with Crippen LogP contribution in [-0.4, -0.2) is 36.8 Å². The molecule has 1 rings (SSSR count). The van der Waals surface area contributed by atoms with E-state index >= 15 is 0 Å². The second-order valence-corrected chi connectivity index (χ2v) is 3.79. The molecule has 0 spiro atoms. The molecule has 0 aliphatic rings. The Morgan fingerprint density at radius 1 is 1.26 bits per heavy atom. The minimum Gasteiger partial charge on any atom is -0.478 e. The van der Waals surface area contributed by atoms with Gasteiger partial charge in [0.05, 0.1) is 0 Å². The highest BCUT2D eigenvalue weighted by Crippen LogP contribution is 2.22. The van der Waals surface area contributed by atoms with Gasteiger partial charge in [0.1, 0.15) is 6.29 Å². The van der Waals surface area contributed by atoms with Crippen molar-refractivity contribution < 1.29 is 23.1 Å². The van der Waals surface area contributed by atoms with Crippen molar-refractivity contribution in [3.05, 3.63) is 29.3 Å². The Balaban J connectivity index is 2.78. The highest BCUT2D eigenvalue weighted by Gasteiger charge is 2.16. The van der Waals surface area contributed by atoms with E-state index in [1.807, 2.05) is 0 Å². The lowest BCUT2D eigenvalue weighted by atomic mass is 10.2. The first-order valence-corrected chi connectivity index (χ1v) is 5.88. The zero-order valence-electron chi connectivity index (χ0n) is 10.8. The van der Waals surface area contributed by atoms with Crippen LogP contribution < -0.4 is 4.74 Å². The number of rotatable bonds is 6. The Morgan fingerprint density at radius 3 is 2.21 bits per heavy atom. The lowest BCUT2D eigenvalue weighted by Gasteiger charge is -2.18. The van der Waals surface area contributed by atoms with Gasteiger partial charge >= 0.3 is 0 Å². The largest absolute Gasteiger partial charge is 0.478 e. The third kappa shape index (κ3) is 3.74. The first-order valence-electron chi connectivity index (χ1n) is 5.88. The van der Waals surface area contributed by atoms with E-state index in [0.29, 0.717) is 19.4 Å². The second-order valence-electron chi connectivity index (χ2n) is 3.79. The van der Waals surface area contributed by atoms with Gasteiger partial charge < -0.3 is 9.64 Å². The van der Waals surface area contributed by atoms with E-state index in [4.69, 9.17) is 4.74 Å². The number of carbonyl (C=O) groups is 2. The molecule has 0 fully saturated rings. The highest BCUT2D eigenvalue weighted by molar-refractivity contribution is 5.78. The number of hydrogen-bond acceptors (Lipinski definition) is 3. The molecule has 0 unspecified atom stereocenters. The molecule has 0 radical (unpaired) electrons. The summed E-state index contributed by atoms with van der Waals surface area (Å²) in [5, 5.41) is 0. The van der Waals surface area contributed by atoms with Crippen LogP contribution in [0.5, 0.6) is 5.75 Å². The average molecular weight is 271 g/mol. The van der Waals surface area contributed by atoms with Crippen molar-refractivity contribution in [1.29, 1.82) is 0 Å². The summed E-state index contributed by atoms with van der Waals surface area (Å²) in [6.45, 7) is 4.13. The zero-order chi connectivity index (χ0) is 14.4. The number of halogens is 2. The molecule has 0 heterocycles. The first-order chi connectivity index (χ1) is 9.03. The van der Waals surface area contributed by atoms with Crippen LogP contribution in [0.4, 0.5) is 8.78 Å². The fraction of sp³-hybridized carbons (Fsp3) is 0.385. The highest BCUT2D eigenvalue weighted by atomic mass is 19.1. The Morgan fingerprint density at radius 2 is 1.79 bits per heavy atom. The molecule has 1 amide bonds. The molecule has 0 bridgehead atoms. The topological polar surface area (TPSA) is 46.6 Å². The molecule has 0 saturated carbocycles. The van der Waals surface area contributed by atoms with Gasteiger partial charge in [-0.1, -0.05) is 0 Å². The van der Waals surface area contributed by atoms with Crippen molar-refractivity contribution in [1.82, 2.24) is 4.90 Å². The molecule has 0 saturated heterocycles. The molecule has 0 N–H and O–H groups in total. The maximum absolute atomic E-state index is 13.5. The molecule has 0 aliphatic heterocycles. The molecule has 104 valence electrons. The zero-order valence-corrected chi connectivity index (χ0v) is 10.8. The number of aldehydes is 1. The van der Waals surface area contributed by atoms with E-state index in [1.54, 1.807) is 13.8 Å². The van der Waals surface area contributed by atoms with E-state index in [0.717, 1.165) is 12.1 Å². The van der Waals surface area contributed by atoms with E-state index in [9.17, 15) is 18.4 Å². The van der Waals surface area contributed by atoms with Gasteiger partial charge in [-0.05, 0) is 26.0 Å². The maximum Gasteiger partial charge on any atom is 0.260 e. The molecule has 6 heteroatoms. The molecule has 1 aromatic carbocycles. The fourth-order valence-corrected chi connectivity index (χ4v) is 1.59. The van der Waals surface area contributed by atoms with Crippen LogP contribution in [-0.2, 0) is 4.79 Å². The van der Waals surface area contributed by atoms with Crippen LogP contribution in [0.2, 0.25) is 0 Å². The van der Waals surface area contributed by atoms with Gasteiger partial charge in [-0.2, -0.15) is 0 Å². The van der Waals surface area contributed by atoms with Gasteiger partial charge in [0.25, 0.3) is 5.91 Å². The summed E-state index contributed by atoms with van der Waals surface area (Å²) in [5.41, 5.74) is -0.127. The summed E-state index contributed by atoms with van der Waals surface area (Å²) in [7, 11) is 0. The first kappa shape index (κ1) is 15.1. The molecule has 4 nitrogen and oxygen atoms in total. The van der Waals surface area contributed by atoms with E-state index < -0.39 is 24.0 Å². The third-order valence-corrected chi connectivity index (χ3v) is 2.61. The number of benzene rings is 1. The Labute approximate surface area is 110 Å². The van der Waals surface area contributed by atoms with Crippen molar-refractivity contribution in [2.24, 2.45) is 0 Å². The lowest BCUT2D eigenvalue weighted by molar-refractivity contribution is -0.133. The normalized spacial score (nSPS) is 10.1. The minimum atomic E-state index is -1.01. The smallest absolute Gasteiger partial charge is 0.260 e. The molecule has 0 atom stereocenters. The Bertz CT molecular complexity index is 450. The summed E-state index contributed by atoms with van der Waals surface area (Å²) >= 11 is 0. The van der Waals surface area contributed by atoms with Crippen molar-refractivity contribution >= 4 is 12.2 Å². The summed E-state index contributed by atoms with van der Waals surface area (Å²) in [6, 6.07) is 1.71. The van der Waals surface area contributed by atoms with Crippen molar-refractivity contribution in [3.63, 3.8) is 0 Å². The van der Waals surface area contributed by atoms with Crippen molar-refractivity contribution in [2.45, 2.75) is 13.8 Å². The van der Waals surface area contributed by atoms with Gasteiger partial charge in [-0.25, -0.2) is 8.78 Å². The Hall–Kier alpha value is -1.98. The van der Waals surface area contributed by atoms with Crippen molar-refractivity contribution in [3.8, 4) is 5.75 Å². The summed E-state index contributed by atoms with van der Waals surface area (Å²) in [6.07, 6.45) is 0.330. The maximum atomic E-state index is 13.5. The standard InChI is InChI=1S/C13H15F2NO3/c1-3-16(4-2)12(18)8-19-13-10(14)5-9(7-17)6-11(13)15/h5-7H,3-4,8H2,1-2H3. The number of amides is 1. The van der Waals surface area contributed by atoms with Crippen LogP contribution >= 0.6 is 0 Å². The fourth-order valence-electron chi connectivity index (χ4n) is 1.59. The van der Waals surface area contributed by atoms with Gasteiger partial charge in [-0.3, -0.25) is 9.59 Å². The number of nitrogens with zero attached hydrogens (tertiary/aromatic N) is 1. The average Bonchev–Trinajstić information content (AvgIpc) is 2.38. The monoisotopic (exact) mass is 271 g/mol. The van der Waals surface area contributed by atoms with Crippen molar-refractivity contribution in [2.75, 3.05) is 19.7 Å². The predicted molar refractivity (Wildman–Crippen MR) is 65.2 cm³/mol. The molecule has 0 aromatic heterocycles. The minimum absolute atomic E-state index is 0.127. The second kappa shape index (κ2) is 6.82. The van der Waals surface area contributed by atoms with Crippen LogP contribution in [0.3, 0.4) is 0 Å². The van der Waals surface area contributed by atoms with Gasteiger partial charge in [-0.15, -0.1) is 0 Å². The molecule has 0 aliphatic carbocycles. The van der Waals surface area contributed by atoms with Gasteiger partial charge in [0, 0.05) is 18.7 Å². The third-order valence-electron chi connectivity index (χ3n) is 2.61. The summed E-state index contributed by atoms with van der Waals surface area (Å²) in [5.74, 6) is -3.02. The van der Waals surface area contributed by atoms with E-state index in [-0.39, 0.29) is 11.5 Å². The van der Waals surface area contributed by atoms with E-state index in [1.165, 1.54) is 4.90 Å². The number of likely N-dealkylation sites (N-methyl/N-ethyl adjacent to an activating group) is 1. The van der Waals surface area contributed by atoms with Crippen LogP contribution in [0.15, 0.2) is 12.1 Å². The molecular weight excluding hydrogens is 256 g/mol. The molecule has 1 aromatic rings. The van der Waals surface area contributed by atoms with Crippen LogP contribution in [0.25, 0.3) is 0 Å². The molecule has 19 heavy (non-hydrogen) atoms. The molecular formula is C13H15F2NO3. The number of carbonyl (C=O) groups excluding carboxylic acids is 2. The van der Waals surface area contributed by atoms with Gasteiger partial charge in [0.2, 0.25) is 0 Å².